The molecule has 0 radical (unpaired) electrons. The summed E-state index contributed by atoms with van der Waals surface area (Å²) in [4.78, 5) is 0. The first-order valence-electron chi connectivity index (χ1n) is 7.51. The molecular formula is C17H23NO2. The third-order valence-electron chi connectivity index (χ3n) is 4.54. The van der Waals surface area contributed by atoms with Crippen LogP contribution in [0, 0.1) is 5.92 Å². The number of para-hydroxylation sites is 1. The Morgan fingerprint density at radius 1 is 1.30 bits per heavy atom. The van der Waals surface area contributed by atoms with E-state index < -0.39 is 0 Å². The second kappa shape index (κ2) is 5.49. The van der Waals surface area contributed by atoms with Gasteiger partial charge in [0, 0.05) is 11.4 Å². The third kappa shape index (κ3) is 2.42. The average molecular weight is 273 g/mol. The molecule has 1 aliphatic carbocycles. The van der Waals surface area contributed by atoms with Crippen molar-refractivity contribution in [2.24, 2.45) is 5.92 Å². The number of hydrogen-bond acceptors (Lipinski definition) is 3. The van der Waals surface area contributed by atoms with Crippen molar-refractivity contribution in [1.82, 2.24) is 5.32 Å². The van der Waals surface area contributed by atoms with E-state index >= 15 is 0 Å². The maximum atomic E-state index is 6.00. The molecule has 1 N–H and O–H groups in total. The Morgan fingerprint density at radius 2 is 2.10 bits per heavy atom. The summed E-state index contributed by atoms with van der Waals surface area (Å²) in [5, 5.41) is 4.76. The van der Waals surface area contributed by atoms with E-state index in [9.17, 15) is 0 Å². The molecule has 1 heterocycles. The van der Waals surface area contributed by atoms with Gasteiger partial charge in [-0.2, -0.15) is 0 Å². The van der Waals surface area contributed by atoms with Crippen molar-refractivity contribution < 1.29 is 9.15 Å². The summed E-state index contributed by atoms with van der Waals surface area (Å²) in [6.45, 7) is 4.45. The highest BCUT2D eigenvalue weighted by atomic mass is 16.5. The van der Waals surface area contributed by atoms with Crippen LogP contribution in [0.25, 0.3) is 11.0 Å². The second-order valence-electron chi connectivity index (χ2n) is 5.90. The van der Waals surface area contributed by atoms with Crippen LogP contribution < -0.4 is 10.1 Å². The lowest BCUT2D eigenvalue weighted by Crippen LogP contribution is -2.38. The number of ether oxygens (including phenoxy) is 1. The lowest BCUT2D eigenvalue weighted by atomic mass is 9.80. The Hall–Kier alpha value is -1.48. The smallest absolute Gasteiger partial charge is 0.176 e. The van der Waals surface area contributed by atoms with Crippen molar-refractivity contribution in [2.75, 3.05) is 7.11 Å². The van der Waals surface area contributed by atoms with E-state index in [1.54, 1.807) is 7.11 Å². The van der Waals surface area contributed by atoms with Gasteiger partial charge in [-0.05, 0) is 44.7 Å². The van der Waals surface area contributed by atoms with Gasteiger partial charge in [-0.25, -0.2) is 0 Å². The summed E-state index contributed by atoms with van der Waals surface area (Å²) in [6, 6.07) is 8.88. The van der Waals surface area contributed by atoms with Crippen LogP contribution in [-0.2, 0) is 0 Å². The van der Waals surface area contributed by atoms with Crippen molar-refractivity contribution in [3.05, 3.63) is 30.0 Å². The Labute approximate surface area is 120 Å². The van der Waals surface area contributed by atoms with Gasteiger partial charge >= 0.3 is 0 Å². The van der Waals surface area contributed by atoms with Crippen LogP contribution in [-0.4, -0.2) is 13.2 Å². The number of benzene rings is 1. The van der Waals surface area contributed by atoms with Crippen LogP contribution in [0.3, 0.4) is 0 Å². The Balaban J connectivity index is 1.78. The minimum Gasteiger partial charge on any atom is -0.493 e. The van der Waals surface area contributed by atoms with Gasteiger partial charge < -0.3 is 14.5 Å². The average Bonchev–Trinajstić information content (AvgIpc) is 2.80. The lowest BCUT2D eigenvalue weighted by molar-refractivity contribution is 0.224. The number of furan rings is 1. The van der Waals surface area contributed by atoms with Gasteiger partial charge in [0.15, 0.2) is 11.3 Å². The van der Waals surface area contributed by atoms with Crippen molar-refractivity contribution in [1.29, 1.82) is 0 Å². The molecular weight excluding hydrogens is 250 g/mol. The molecule has 3 heteroatoms. The van der Waals surface area contributed by atoms with E-state index in [4.69, 9.17) is 9.15 Å². The SMILES string of the molecule is COc1cccc2cc(C(C)NC(C)C3CCC3)oc12. The van der Waals surface area contributed by atoms with Gasteiger partial charge in [0.25, 0.3) is 0 Å². The highest BCUT2D eigenvalue weighted by Crippen LogP contribution is 2.33. The Morgan fingerprint density at radius 3 is 2.75 bits per heavy atom. The van der Waals surface area contributed by atoms with E-state index in [-0.39, 0.29) is 6.04 Å². The molecule has 0 aliphatic heterocycles. The van der Waals surface area contributed by atoms with Crippen LogP contribution in [0.15, 0.2) is 28.7 Å². The highest BCUT2D eigenvalue weighted by molar-refractivity contribution is 5.83. The second-order valence-corrected chi connectivity index (χ2v) is 5.90. The maximum Gasteiger partial charge on any atom is 0.176 e. The molecule has 2 aromatic rings. The monoisotopic (exact) mass is 273 g/mol. The summed E-state index contributed by atoms with van der Waals surface area (Å²) in [5.74, 6) is 2.61. The first-order valence-corrected chi connectivity index (χ1v) is 7.51. The van der Waals surface area contributed by atoms with E-state index in [0.29, 0.717) is 6.04 Å². The number of methoxy groups -OCH3 is 1. The molecule has 0 amide bonds. The van der Waals surface area contributed by atoms with E-state index in [0.717, 1.165) is 28.4 Å². The summed E-state index contributed by atoms with van der Waals surface area (Å²) in [5.41, 5.74) is 0.843. The predicted molar refractivity (Wildman–Crippen MR) is 81.1 cm³/mol. The van der Waals surface area contributed by atoms with Crippen molar-refractivity contribution in [3.63, 3.8) is 0 Å². The number of fused-ring (bicyclic) bond motifs is 1. The molecule has 1 aromatic carbocycles. The van der Waals surface area contributed by atoms with Crippen molar-refractivity contribution >= 4 is 11.0 Å². The van der Waals surface area contributed by atoms with Gasteiger partial charge in [0.05, 0.1) is 13.2 Å². The minimum absolute atomic E-state index is 0.225. The predicted octanol–water partition coefficient (Wildman–Crippen LogP) is 4.28. The fraction of sp³-hybridized carbons (Fsp3) is 0.529. The summed E-state index contributed by atoms with van der Waals surface area (Å²) in [7, 11) is 1.68. The Kier molecular flexibility index (Phi) is 3.70. The molecule has 3 rings (SSSR count). The van der Waals surface area contributed by atoms with Crippen molar-refractivity contribution in [2.45, 2.75) is 45.2 Å². The fourth-order valence-electron chi connectivity index (χ4n) is 2.98. The highest BCUT2D eigenvalue weighted by Gasteiger charge is 2.25. The molecule has 1 saturated carbocycles. The normalized spacial score (nSPS) is 18.8. The summed E-state index contributed by atoms with van der Waals surface area (Å²) >= 11 is 0. The van der Waals surface area contributed by atoms with Gasteiger partial charge in [0.1, 0.15) is 5.76 Å². The molecule has 1 aromatic heterocycles. The molecule has 2 atom stereocenters. The number of nitrogens with one attached hydrogen (secondary N) is 1. The number of hydrogen-bond donors (Lipinski definition) is 1. The lowest BCUT2D eigenvalue weighted by Gasteiger charge is -2.33. The molecule has 3 nitrogen and oxygen atoms in total. The van der Waals surface area contributed by atoms with Crippen LogP contribution in [0.5, 0.6) is 5.75 Å². The van der Waals surface area contributed by atoms with Crippen LogP contribution in [0.1, 0.15) is 44.9 Å². The van der Waals surface area contributed by atoms with Crippen LogP contribution in [0.2, 0.25) is 0 Å². The van der Waals surface area contributed by atoms with Crippen LogP contribution >= 0.6 is 0 Å². The van der Waals surface area contributed by atoms with E-state index in [2.05, 4.69) is 31.3 Å². The quantitative estimate of drug-likeness (QED) is 0.883. The van der Waals surface area contributed by atoms with E-state index in [1.807, 2.05) is 12.1 Å². The largest absolute Gasteiger partial charge is 0.493 e. The molecule has 0 spiro atoms. The van der Waals surface area contributed by atoms with Gasteiger partial charge in [-0.1, -0.05) is 18.6 Å². The standard InChI is InChI=1S/C17H23NO2/c1-11(13-6-4-7-13)18-12(2)16-10-14-8-5-9-15(19-3)17(14)20-16/h5,8-13,18H,4,6-7H2,1-3H3. The molecule has 0 saturated heterocycles. The third-order valence-corrected chi connectivity index (χ3v) is 4.54. The molecule has 108 valence electrons. The number of rotatable bonds is 5. The zero-order chi connectivity index (χ0) is 14.1. The minimum atomic E-state index is 0.225. The fourth-order valence-corrected chi connectivity index (χ4v) is 2.98. The summed E-state index contributed by atoms with van der Waals surface area (Å²) < 4.78 is 11.3. The summed E-state index contributed by atoms with van der Waals surface area (Å²) in [6.07, 6.45) is 4.09. The topological polar surface area (TPSA) is 34.4 Å². The first kappa shape index (κ1) is 13.5. The van der Waals surface area contributed by atoms with Gasteiger partial charge in [-0.15, -0.1) is 0 Å². The molecule has 1 fully saturated rings. The zero-order valence-electron chi connectivity index (χ0n) is 12.5. The molecule has 1 aliphatic rings. The zero-order valence-corrected chi connectivity index (χ0v) is 12.5. The molecule has 0 bridgehead atoms. The molecule has 2 unspecified atom stereocenters. The molecule has 20 heavy (non-hydrogen) atoms. The van der Waals surface area contributed by atoms with E-state index in [1.165, 1.54) is 19.3 Å². The van der Waals surface area contributed by atoms with Crippen LogP contribution in [0.4, 0.5) is 0 Å². The van der Waals surface area contributed by atoms with Gasteiger partial charge in [-0.3, -0.25) is 0 Å². The Bertz CT molecular complexity index is 586. The van der Waals surface area contributed by atoms with Crippen molar-refractivity contribution in [3.8, 4) is 5.75 Å². The first-order chi connectivity index (χ1) is 9.69. The maximum absolute atomic E-state index is 6.00. The van der Waals surface area contributed by atoms with Gasteiger partial charge in [0.2, 0.25) is 0 Å².